The predicted octanol–water partition coefficient (Wildman–Crippen LogP) is 1.61. The van der Waals surface area contributed by atoms with Crippen molar-refractivity contribution >= 4 is 0 Å². The molecular weight excluding hydrogens is 218 g/mol. The van der Waals surface area contributed by atoms with Gasteiger partial charge in [0.1, 0.15) is 0 Å². The van der Waals surface area contributed by atoms with Crippen LogP contribution in [0.15, 0.2) is 18.2 Å². The first-order valence-electron chi connectivity index (χ1n) is 5.54. The summed E-state index contributed by atoms with van der Waals surface area (Å²) < 4.78 is 15.9. The zero-order valence-corrected chi connectivity index (χ0v) is 10.9. The van der Waals surface area contributed by atoms with E-state index in [1.165, 1.54) is 0 Å². The van der Waals surface area contributed by atoms with Gasteiger partial charge in [-0.15, -0.1) is 0 Å². The molecule has 0 heterocycles. The van der Waals surface area contributed by atoms with Crippen LogP contribution in [0, 0.1) is 0 Å². The maximum atomic E-state index is 5.71. The molecule has 1 unspecified atom stereocenters. The highest BCUT2D eigenvalue weighted by Gasteiger charge is 2.22. The van der Waals surface area contributed by atoms with Gasteiger partial charge in [-0.05, 0) is 24.6 Å². The number of nitrogens with two attached hydrogens (primary N) is 1. The average Bonchev–Trinajstić information content (AvgIpc) is 2.38. The Balaban J connectivity index is 2.93. The predicted molar refractivity (Wildman–Crippen MR) is 67.7 cm³/mol. The lowest BCUT2D eigenvalue weighted by atomic mass is 9.96. The summed E-state index contributed by atoms with van der Waals surface area (Å²) in [5.41, 5.74) is 6.47. The van der Waals surface area contributed by atoms with Gasteiger partial charge in [-0.3, -0.25) is 0 Å². The van der Waals surface area contributed by atoms with E-state index in [4.69, 9.17) is 19.9 Å². The van der Waals surface area contributed by atoms with Crippen molar-refractivity contribution in [2.24, 2.45) is 5.73 Å². The minimum absolute atomic E-state index is 0.348. The molecule has 0 amide bonds. The number of benzene rings is 1. The van der Waals surface area contributed by atoms with Crippen molar-refractivity contribution in [1.29, 1.82) is 0 Å². The van der Waals surface area contributed by atoms with Crippen molar-refractivity contribution in [1.82, 2.24) is 0 Å². The minimum Gasteiger partial charge on any atom is -0.493 e. The third-order valence-electron chi connectivity index (χ3n) is 2.95. The molecule has 96 valence electrons. The Labute approximate surface area is 103 Å². The van der Waals surface area contributed by atoms with Crippen LogP contribution in [0.3, 0.4) is 0 Å². The Morgan fingerprint density at radius 2 is 1.76 bits per heavy atom. The molecule has 0 saturated carbocycles. The van der Waals surface area contributed by atoms with Crippen molar-refractivity contribution in [2.45, 2.75) is 18.9 Å². The summed E-state index contributed by atoms with van der Waals surface area (Å²) in [7, 11) is 4.92. The molecule has 4 nitrogen and oxygen atoms in total. The fourth-order valence-electron chi connectivity index (χ4n) is 1.65. The van der Waals surface area contributed by atoms with E-state index in [0.29, 0.717) is 6.54 Å². The van der Waals surface area contributed by atoms with Crippen molar-refractivity contribution in [3.63, 3.8) is 0 Å². The maximum absolute atomic E-state index is 5.71. The third kappa shape index (κ3) is 3.35. The van der Waals surface area contributed by atoms with Crippen LogP contribution >= 0.6 is 0 Å². The third-order valence-corrected chi connectivity index (χ3v) is 2.95. The highest BCUT2D eigenvalue weighted by atomic mass is 16.5. The van der Waals surface area contributed by atoms with E-state index >= 15 is 0 Å². The number of rotatable bonds is 6. The van der Waals surface area contributed by atoms with Crippen LogP contribution in [0.4, 0.5) is 0 Å². The average molecular weight is 239 g/mol. The van der Waals surface area contributed by atoms with Gasteiger partial charge in [-0.2, -0.15) is 0 Å². The van der Waals surface area contributed by atoms with Crippen molar-refractivity contribution in [3.05, 3.63) is 23.8 Å². The van der Waals surface area contributed by atoms with E-state index in [0.717, 1.165) is 23.5 Å². The lowest BCUT2D eigenvalue weighted by Gasteiger charge is -2.26. The van der Waals surface area contributed by atoms with Crippen LogP contribution in [0.2, 0.25) is 0 Å². The molecule has 0 bridgehead atoms. The highest BCUT2D eigenvalue weighted by Crippen LogP contribution is 2.29. The normalized spacial score (nSPS) is 14.2. The quantitative estimate of drug-likeness (QED) is 0.819. The number of hydrogen-bond acceptors (Lipinski definition) is 4. The van der Waals surface area contributed by atoms with Gasteiger partial charge in [0.2, 0.25) is 0 Å². The zero-order chi connectivity index (χ0) is 12.9. The SMILES string of the molecule is COc1ccc(CC(C)(CN)OC)cc1OC. The summed E-state index contributed by atoms with van der Waals surface area (Å²) >= 11 is 0. The first-order valence-corrected chi connectivity index (χ1v) is 5.54. The number of ether oxygens (including phenoxy) is 3. The molecule has 1 aromatic rings. The van der Waals surface area contributed by atoms with E-state index in [2.05, 4.69) is 0 Å². The summed E-state index contributed by atoms with van der Waals surface area (Å²) in [4.78, 5) is 0. The Kier molecular flexibility index (Phi) is 4.78. The molecule has 0 radical (unpaired) electrons. The second-order valence-electron chi connectivity index (χ2n) is 4.22. The van der Waals surface area contributed by atoms with Crippen LogP contribution in [0.1, 0.15) is 12.5 Å². The Hall–Kier alpha value is -1.26. The van der Waals surface area contributed by atoms with Crippen molar-refractivity contribution < 1.29 is 14.2 Å². The van der Waals surface area contributed by atoms with E-state index in [1.54, 1.807) is 21.3 Å². The molecule has 0 fully saturated rings. The van der Waals surface area contributed by atoms with E-state index < -0.39 is 0 Å². The van der Waals surface area contributed by atoms with Gasteiger partial charge in [0.05, 0.1) is 19.8 Å². The van der Waals surface area contributed by atoms with Crippen LogP contribution < -0.4 is 15.2 Å². The van der Waals surface area contributed by atoms with Gasteiger partial charge in [0, 0.05) is 20.1 Å². The van der Waals surface area contributed by atoms with Gasteiger partial charge in [-0.25, -0.2) is 0 Å². The van der Waals surface area contributed by atoms with Crippen LogP contribution in [-0.4, -0.2) is 33.5 Å². The summed E-state index contributed by atoms with van der Waals surface area (Å²) in [6, 6.07) is 5.83. The number of hydrogen-bond donors (Lipinski definition) is 1. The first kappa shape index (κ1) is 13.8. The Morgan fingerprint density at radius 1 is 1.12 bits per heavy atom. The molecule has 2 N–H and O–H groups in total. The summed E-state index contributed by atoms with van der Waals surface area (Å²) in [6.07, 6.45) is 0.736. The van der Waals surface area contributed by atoms with E-state index in [1.807, 2.05) is 25.1 Å². The monoisotopic (exact) mass is 239 g/mol. The van der Waals surface area contributed by atoms with Gasteiger partial charge >= 0.3 is 0 Å². The lowest BCUT2D eigenvalue weighted by molar-refractivity contribution is 0.0143. The first-order chi connectivity index (χ1) is 8.08. The molecule has 0 aliphatic carbocycles. The van der Waals surface area contributed by atoms with Crippen molar-refractivity contribution in [3.8, 4) is 11.5 Å². The summed E-state index contributed by atoms with van der Waals surface area (Å²) in [5.74, 6) is 1.45. The van der Waals surface area contributed by atoms with Crippen LogP contribution in [0.25, 0.3) is 0 Å². The second-order valence-corrected chi connectivity index (χ2v) is 4.22. The maximum Gasteiger partial charge on any atom is 0.160 e. The van der Waals surface area contributed by atoms with Gasteiger partial charge in [0.25, 0.3) is 0 Å². The fraction of sp³-hybridized carbons (Fsp3) is 0.538. The fourth-order valence-corrected chi connectivity index (χ4v) is 1.65. The van der Waals surface area contributed by atoms with Gasteiger partial charge in [-0.1, -0.05) is 6.07 Å². The molecule has 0 saturated heterocycles. The zero-order valence-electron chi connectivity index (χ0n) is 10.9. The molecule has 1 aromatic carbocycles. The van der Waals surface area contributed by atoms with Gasteiger partial charge < -0.3 is 19.9 Å². The Bertz CT molecular complexity index is 362. The molecule has 4 heteroatoms. The second kappa shape index (κ2) is 5.89. The highest BCUT2D eigenvalue weighted by molar-refractivity contribution is 5.43. The number of methoxy groups -OCH3 is 3. The standard InChI is InChI=1S/C13H21NO3/c1-13(9-14,17-4)8-10-5-6-11(15-2)12(7-10)16-3/h5-7H,8-9,14H2,1-4H3. The Morgan fingerprint density at radius 3 is 2.24 bits per heavy atom. The van der Waals surface area contributed by atoms with Gasteiger partial charge in [0.15, 0.2) is 11.5 Å². The molecule has 17 heavy (non-hydrogen) atoms. The van der Waals surface area contributed by atoms with E-state index in [-0.39, 0.29) is 5.60 Å². The molecule has 0 spiro atoms. The van der Waals surface area contributed by atoms with Crippen molar-refractivity contribution in [2.75, 3.05) is 27.9 Å². The van der Waals surface area contributed by atoms with Crippen LogP contribution in [-0.2, 0) is 11.2 Å². The molecule has 0 aliphatic rings. The lowest BCUT2D eigenvalue weighted by Crippen LogP contribution is -2.38. The molecule has 0 aromatic heterocycles. The largest absolute Gasteiger partial charge is 0.493 e. The van der Waals surface area contributed by atoms with E-state index in [9.17, 15) is 0 Å². The molecule has 1 rings (SSSR count). The van der Waals surface area contributed by atoms with Crippen LogP contribution in [0.5, 0.6) is 11.5 Å². The molecule has 0 aliphatic heterocycles. The minimum atomic E-state index is -0.348. The smallest absolute Gasteiger partial charge is 0.160 e. The molecular formula is C13H21NO3. The summed E-state index contributed by atoms with van der Waals surface area (Å²) in [5, 5.41) is 0. The topological polar surface area (TPSA) is 53.7 Å². The molecule has 1 atom stereocenters. The summed E-state index contributed by atoms with van der Waals surface area (Å²) in [6.45, 7) is 2.46.